The molecule has 148 valence electrons. The number of fused-ring (bicyclic) bond motifs is 1. The number of para-hydroxylation sites is 1. The van der Waals surface area contributed by atoms with Crippen LogP contribution in [0.15, 0.2) is 47.6 Å². The fourth-order valence-electron chi connectivity index (χ4n) is 3.89. The number of hydrogen-bond acceptors (Lipinski definition) is 4. The first-order chi connectivity index (χ1) is 13.7. The molecule has 0 radical (unpaired) electrons. The molecule has 2 aliphatic heterocycles. The molecule has 1 saturated heterocycles. The fraction of sp³-hybridized carbons (Fsp3) is 0.455. The molecule has 6 nitrogen and oxygen atoms in total. The van der Waals surface area contributed by atoms with Crippen molar-refractivity contribution in [2.75, 3.05) is 56.1 Å². The molecule has 0 amide bonds. The Kier molecular flexibility index (Phi) is 5.76. The highest BCUT2D eigenvalue weighted by atomic mass is 15.3. The van der Waals surface area contributed by atoms with Crippen LogP contribution in [0.1, 0.15) is 18.1 Å². The van der Waals surface area contributed by atoms with Crippen molar-refractivity contribution in [3.63, 3.8) is 0 Å². The topological polar surface area (TPSA) is 47.0 Å². The molecular weight excluding hydrogens is 348 g/mol. The normalized spacial score (nSPS) is 17.7. The van der Waals surface area contributed by atoms with E-state index in [4.69, 9.17) is 4.99 Å². The van der Waals surface area contributed by atoms with Crippen LogP contribution in [-0.4, -0.2) is 62.2 Å². The average molecular weight is 379 g/mol. The number of likely N-dealkylation sites (N-methyl/N-ethyl adjacent to an activating group) is 1. The summed E-state index contributed by atoms with van der Waals surface area (Å²) >= 11 is 0. The highest BCUT2D eigenvalue weighted by molar-refractivity contribution is 5.97. The number of nitrogens with zero attached hydrogens (tertiary/aromatic N) is 5. The Morgan fingerprint density at radius 3 is 2.75 bits per heavy atom. The summed E-state index contributed by atoms with van der Waals surface area (Å²) in [7, 11) is 2.18. The average Bonchev–Trinajstić information content (AvgIpc) is 3.16. The van der Waals surface area contributed by atoms with Crippen molar-refractivity contribution < 1.29 is 0 Å². The van der Waals surface area contributed by atoms with Crippen molar-refractivity contribution in [2.45, 2.75) is 19.9 Å². The predicted octanol–water partition coefficient (Wildman–Crippen LogP) is 2.36. The predicted molar refractivity (Wildman–Crippen MR) is 116 cm³/mol. The summed E-state index contributed by atoms with van der Waals surface area (Å²) in [5.74, 6) is 2.03. The first-order valence-corrected chi connectivity index (χ1v) is 10.3. The molecule has 6 heteroatoms. The highest BCUT2D eigenvalue weighted by Gasteiger charge is 2.22. The van der Waals surface area contributed by atoms with E-state index in [2.05, 4.69) is 75.4 Å². The van der Waals surface area contributed by atoms with Gasteiger partial charge in [-0.15, -0.1) is 0 Å². The molecule has 1 aromatic carbocycles. The van der Waals surface area contributed by atoms with Gasteiger partial charge in [0.2, 0.25) is 0 Å². The second-order valence-corrected chi connectivity index (χ2v) is 7.51. The molecule has 3 heterocycles. The molecule has 4 rings (SSSR count). The number of hydrogen-bond donors (Lipinski definition) is 1. The Balaban J connectivity index is 1.49. The van der Waals surface area contributed by atoms with Gasteiger partial charge in [0, 0.05) is 51.2 Å². The molecule has 0 atom stereocenters. The van der Waals surface area contributed by atoms with E-state index in [0.717, 1.165) is 57.5 Å². The standard InChI is InChI=1S/C22H30N6/c1-3-23-22(28-11-9-19-6-4-5-7-20(19)28)25-17-18-8-10-24-21(16-18)27-14-12-26(2)13-15-27/h4-8,10,16H,3,9,11-15,17H2,1-2H3,(H,23,25). The minimum absolute atomic E-state index is 0.657. The van der Waals surface area contributed by atoms with Crippen LogP contribution < -0.4 is 15.1 Å². The van der Waals surface area contributed by atoms with Gasteiger partial charge in [-0.25, -0.2) is 9.98 Å². The zero-order chi connectivity index (χ0) is 19.3. The van der Waals surface area contributed by atoms with E-state index in [0.29, 0.717) is 6.54 Å². The summed E-state index contributed by atoms with van der Waals surface area (Å²) < 4.78 is 0. The monoisotopic (exact) mass is 378 g/mol. The first-order valence-electron chi connectivity index (χ1n) is 10.3. The van der Waals surface area contributed by atoms with Gasteiger partial charge in [0.15, 0.2) is 5.96 Å². The van der Waals surface area contributed by atoms with Crippen molar-refractivity contribution in [1.82, 2.24) is 15.2 Å². The maximum Gasteiger partial charge on any atom is 0.198 e. The van der Waals surface area contributed by atoms with Crippen molar-refractivity contribution in [3.05, 3.63) is 53.7 Å². The van der Waals surface area contributed by atoms with Crippen LogP contribution in [-0.2, 0) is 13.0 Å². The van der Waals surface area contributed by atoms with E-state index in [1.165, 1.54) is 16.8 Å². The number of piperazine rings is 1. The molecule has 0 spiro atoms. The number of benzene rings is 1. The number of aromatic nitrogens is 1. The van der Waals surface area contributed by atoms with Crippen LogP contribution in [0, 0.1) is 0 Å². The van der Waals surface area contributed by atoms with Gasteiger partial charge in [-0.05, 0) is 49.7 Å². The summed E-state index contributed by atoms with van der Waals surface area (Å²) in [6, 6.07) is 12.9. The molecule has 28 heavy (non-hydrogen) atoms. The molecule has 0 saturated carbocycles. The van der Waals surface area contributed by atoms with Crippen LogP contribution in [0.2, 0.25) is 0 Å². The molecule has 0 bridgehead atoms. The van der Waals surface area contributed by atoms with Gasteiger partial charge in [-0.3, -0.25) is 0 Å². The van der Waals surface area contributed by atoms with Gasteiger partial charge in [0.25, 0.3) is 0 Å². The number of anilines is 2. The smallest absolute Gasteiger partial charge is 0.198 e. The lowest BCUT2D eigenvalue weighted by molar-refractivity contribution is 0.312. The first kappa shape index (κ1) is 18.7. The lowest BCUT2D eigenvalue weighted by Gasteiger charge is -2.33. The zero-order valence-corrected chi connectivity index (χ0v) is 16.9. The zero-order valence-electron chi connectivity index (χ0n) is 16.9. The number of nitrogens with one attached hydrogen (secondary N) is 1. The molecule has 2 aromatic rings. The van der Waals surface area contributed by atoms with Crippen molar-refractivity contribution in [1.29, 1.82) is 0 Å². The summed E-state index contributed by atoms with van der Waals surface area (Å²) in [6.45, 7) is 8.85. The Bertz CT molecular complexity index is 825. The quantitative estimate of drug-likeness (QED) is 0.654. The third-order valence-electron chi connectivity index (χ3n) is 5.53. The maximum atomic E-state index is 4.94. The minimum Gasteiger partial charge on any atom is -0.356 e. The molecule has 1 aromatic heterocycles. The largest absolute Gasteiger partial charge is 0.356 e. The number of guanidine groups is 1. The maximum absolute atomic E-state index is 4.94. The van der Waals surface area contributed by atoms with Gasteiger partial charge in [0.1, 0.15) is 5.82 Å². The van der Waals surface area contributed by atoms with Gasteiger partial charge >= 0.3 is 0 Å². The minimum atomic E-state index is 0.657. The molecule has 1 fully saturated rings. The lowest BCUT2D eigenvalue weighted by Crippen LogP contribution is -2.44. The molecule has 1 N–H and O–H groups in total. The molecule has 0 unspecified atom stereocenters. The SMILES string of the molecule is CCNC(=NCc1ccnc(N2CCN(C)CC2)c1)N1CCc2ccccc21. The van der Waals surface area contributed by atoms with E-state index in [-0.39, 0.29) is 0 Å². The van der Waals surface area contributed by atoms with E-state index in [9.17, 15) is 0 Å². The van der Waals surface area contributed by atoms with E-state index < -0.39 is 0 Å². The molecular formula is C22H30N6. The Morgan fingerprint density at radius 2 is 1.93 bits per heavy atom. The van der Waals surface area contributed by atoms with Gasteiger partial charge < -0.3 is 20.0 Å². The number of rotatable bonds is 4. The number of pyridine rings is 1. The third kappa shape index (κ3) is 4.12. The van der Waals surface area contributed by atoms with Gasteiger partial charge in [-0.2, -0.15) is 0 Å². The van der Waals surface area contributed by atoms with Gasteiger partial charge in [0.05, 0.1) is 6.54 Å². The van der Waals surface area contributed by atoms with Crippen molar-refractivity contribution in [2.24, 2.45) is 4.99 Å². The number of aliphatic imine (C=N–C) groups is 1. The Morgan fingerprint density at radius 1 is 1.11 bits per heavy atom. The summed E-state index contributed by atoms with van der Waals surface area (Å²) in [5.41, 5.74) is 3.87. The second-order valence-electron chi connectivity index (χ2n) is 7.51. The van der Waals surface area contributed by atoms with Gasteiger partial charge in [-0.1, -0.05) is 18.2 Å². The fourth-order valence-corrected chi connectivity index (χ4v) is 3.89. The van der Waals surface area contributed by atoms with Crippen LogP contribution >= 0.6 is 0 Å². The lowest BCUT2D eigenvalue weighted by atomic mass is 10.2. The summed E-state index contributed by atoms with van der Waals surface area (Å²) in [4.78, 5) is 16.6. The van der Waals surface area contributed by atoms with E-state index >= 15 is 0 Å². The van der Waals surface area contributed by atoms with Crippen LogP contribution in [0.25, 0.3) is 0 Å². The Hall–Kier alpha value is -2.60. The van der Waals surface area contributed by atoms with Crippen molar-refractivity contribution in [3.8, 4) is 0 Å². The summed E-state index contributed by atoms with van der Waals surface area (Å²) in [5, 5.41) is 3.46. The van der Waals surface area contributed by atoms with E-state index in [1.54, 1.807) is 0 Å². The van der Waals surface area contributed by atoms with E-state index in [1.807, 2.05) is 6.20 Å². The second kappa shape index (κ2) is 8.61. The third-order valence-corrected chi connectivity index (χ3v) is 5.53. The summed E-state index contributed by atoms with van der Waals surface area (Å²) in [6.07, 6.45) is 2.99. The highest BCUT2D eigenvalue weighted by Crippen LogP contribution is 2.27. The molecule has 0 aliphatic carbocycles. The Labute approximate surface area is 167 Å². The molecule has 2 aliphatic rings. The van der Waals surface area contributed by atoms with Crippen LogP contribution in [0.4, 0.5) is 11.5 Å². The van der Waals surface area contributed by atoms with Crippen molar-refractivity contribution >= 4 is 17.5 Å². The van der Waals surface area contributed by atoms with Crippen LogP contribution in [0.5, 0.6) is 0 Å². The van der Waals surface area contributed by atoms with Crippen LogP contribution in [0.3, 0.4) is 0 Å².